The van der Waals surface area contributed by atoms with Crippen LogP contribution in [0.25, 0.3) is 0 Å². The largest absolute Gasteiger partial charge is 0.493 e. The normalized spacial score (nSPS) is 35.3. The molecule has 0 N–H and O–H groups in total. The molecule has 0 unspecified atom stereocenters. The Morgan fingerprint density at radius 1 is 1.00 bits per heavy atom. The molecule has 0 aromatic heterocycles. The van der Waals surface area contributed by atoms with Crippen molar-refractivity contribution in [1.82, 2.24) is 4.90 Å². The van der Waals surface area contributed by atoms with E-state index in [4.69, 9.17) is 23.7 Å². The second-order valence-corrected chi connectivity index (χ2v) is 9.89. The van der Waals surface area contributed by atoms with Crippen LogP contribution in [0.2, 0.25) is 0 Å². The molecule has 4 aliphatic rings. The van der Waals surface area contributed by atoms with E-state index in [2.05, 4.69) is 30.9 Å². The van der Waals surface area contributed by atoms with Gasteiger partial charge in [0.2, 0.25) is 0 Å². The minimum absolute atomic E-state index is 0.0635. The summed E-state index contributed by atoms with van der Waals surface area (Å²) in [6.45, 7) is 8.30. The lowest BCUT2D eigenvalue weighted by atomic mass is 9.60. The molecule has 1 aromatic rings. The van der Waals surface area contributed by atoms with E-state index < -0.39 is 5.79 Å². The minimum atomic E-state index is -0.525. The van der Waals surface area contributed by atoms with Gasteiger partial charge in [0.25, 0.3) is 0 Å². The van der Waals surface area contributed by atoms with Crippen LogP contribution < -0.4 is 9.47 Å². The van der Waals surface area contributed by atoms with Gasteiger partial charge >= 0.3 is 0 Å². The molecule has 3 atom stereocenters. The molecule has 3 saturated heterocycles. The Balaban J connectivity index is 1.53. The lowest BCUT2D eigenvalue weighted by Gasteiger charge is -2.58. The molecule has 3 heterocycles. The number of hydrogen-bond acceptors (Lipinski definition) is 6. The Labute approximate surface area is 173 Å². The quantitative estimate of drug-likeness (QED) is 0.773. The van der Waals surface area contributed by atoms with Crippen molar-refractivity contribution in [2.24, 2.45) is 11.3 Å². The van der Waals surface area contributed by atoms with Crippen molar-refractivity contribution in [2.75, 3.05) is 47.3 Å². The van der Waals surface area contributed by atoms with Gasteiger partial charge in [0.05, 0.1) is 46.7 Å². The van der Waals surface area contributed by atoms with E-state index in [-0.39, 0.29) is 16.7 Å². The van der Waals surface area contributed by atoms with E-state index in [1.54, 1.807) is 14.2 Å². The van der Waals surface area contributed by atoms with Crippen molar-refractivity contribution in [3.8, 4) is 11.5 Å². The Hall–Kier alpha value is -1.34. The van der Waals surface area contributed by atoms with E-state index in [1.165, 1.54) is 5.56 Å². The summed E-state index contributed by atoms with van der Waals surface area (Å²) in [6.07, 6.45) is 3.06. The number of fused-ring (bicyclic) bond motifs is 1. The Morgan fingerprint density at radius 2 is 1.76 bits per heavy atom. The second-order valence-electron chi connectivity index (χ2n) is 9.89. The van der Waals surface area contributed by atoms with Crippen molar-refractivity contribution >= 4 is 0 Å². The van der Waals surface area contributed by atoms with Gasteiger partial charge in [-0.2, -0.15) is 0 Å². The van der Waals surface area contributed by atoms with Crippen LogP contribution in [-0.2, 0) is 19.6 Å². The predicted octanol–water partition coefficient (Wildman–Crippen LogP) is 3.18. The van der Waals surface area contributed by atoms with Crippen LogP contribution in [0, 0.1) is 11.3 Å². The molecule has 5 rings (SSSR count). The first-order valence-electron chi connectivity index (χ1n) is 10.8. The lowest BCUT2D eigenvalue weighted by molar-refractivity contribution is -0.355. The highest BCUT2D eigenvalue weighted by Crippen LogP contribution is 2.58. The minimum Gasteiger partial charge on any atom is -0.493 e. The zero-order valence-corrected chi connectivity index (χ0v) is 18.0. The van der Waals surface area contributed by atoms with Crippen molar-refractivity contribution < 1.29 is 23.7 Å². The molecule has 29 heavy (non-hydrogen) atoms. The molecule has 160 valence electrons. The van der Waals surface area contributed by atoms with Crippen LogP contribution in [-0.4, -0.2) is 64.0 Å². The summed E-state index contributed by atoms with van der Waals surface area (Å²) in [5.41, 5.74) is 1.47. The first-order valence-corrected chi connectivity index (χ1v) is 10.8. The molecule has 6 nitrogen and oxygen atoms in total. The van der Waals surface area contributed by atoms with Crippen LogP contribution in [0.1, 0.15) is 38.7 Å². The summed E-state index contributed by atoms with van der Waals surface area (Å²) in [5.74, 6) is 1.26. The van der Waals surface area contributed by atoms with Gasteiger partial charge in [0.15, 0.2) is 17.3 Å². The average Bonchev–Trinajstić information content (AvgIpc) is 3.13. The van der Waals surface area contributed by atoms with Gasteiger partial charge in [-0.25, -0.2) is 0 Å². The molecule has 0 radical (unpaired) electrons. The van der Waals surface area contributed by atoms with Gasteiger partial charge in [-0.3, -0.25) is 4.90 Å². The van der Waals surface area contributed by atoms with Crippen LogP contribution >= 0.6 is 0 Å². The third-order valence-corrected chi connectivity index (χ3v) is 7.60. The highest BCUT2D eigenvalue weighted by atomic mass is 16.7. The molecular formula is C23H33NO5. The highest BCUT2D eigenvalue weighted by Gasteiger charge is 2.64. The van der Waals surface area contributed by atoms with E-state index in [0.29, 0.717) is 19.4 Å². The van der Waals surface area contributed by atoms with Crippen LogP contribution in [0.4, 0.5) is 0 Å². The molecule has 0 bridgehead atoms. The summed E-state index contributed by atoms with van der Waals surface area (Å²) in [4.78, 5) is 2.50. The van der Waals surface area contributed by atoms with Gasteiger partial charge in [-0.15, -0.1) is 0 Å². The van der Waals surface area contributed by atoms with Gasteiger partial charge in [-0.1, -0.05) is 19.9 Å². The van der Waals surface area contributed by atoms with Crippen molar-refractivity contribution in [1.29, 1.82) is 0 Å². The van der Waals surface area contributed by atoms with Gasteiger partial charge in [-0.05, 0) is 30.5 Å². The Bertz CT molecular complexity index is 771. The molecule has 0 amide bonds. The first-order chi connectivity index (χ1) is 13.9. The van der Waals surface area contributed by atoms with E-state index in [0.717, 1.165) is 50.5 Å². The number of rotatable bonds is 3. The second kappa shape index (κ2) is 6.84. The topological polar surface area (TPSA) is 49.4 Å². The van der Waals surface area contributed by atoms with Crippen molar-refractivity contribution in [3.05, 3.63) is 23.8 Å². The third kappa shape index (κ3) is 2.91. The maximum atomic E-state index is 6.50. The maximum absolute atomic E-state index is 6.50. The van der Waals surface area contributed by atoms with Crippen molar-refractivity contribution in [3.63, 3.8) is 0 Å². The third-order valence-electron chi connectivity index (χ3n) is 7.60. The molecule has 1 saturated carbocycles. The molecule has 4 fully saturated rings. The molecule has 1 aliphatic carbocycles. The zero-order chi connectivity index (χ0) is 20.3. The summed E-state index contributed by atoms with van der Waals surface area (Å²) < 4.78 is 30.1. The number of nitrogens with zero attached hydrogens (tertiary/aromatic N) is 1. The Kier molecular flexibility index (Phi) is 4.63. The van der Waals surface area contributed by atoms with Crippen LogP contribution in [0.3, 0.4) is 0 Å². The number of methoxy groups -OCH3 is 2. The predicted molar refractivity (Wildman–Crippen MR) is 108 cm³/mol. The molecule has 1 aromatic carbocycles. The monoisotopic (exact) mass is 403 g/mol. The SMILES string of the molecule is COc1ccc([C@]23CCN4COC[C@@H]([C@H]42)C2(CC3)OCC(C)(C)CO2)cc1OC. The summed E-state index contributed by atoms with van der Waals surface area (Å²) in [5, 5.41) is 0. The summed E-state index contributed by atoms with van der Waals surface area (Å²) >= 11 is 0. The van der Waals surface area contributed by atoms with E-state index in [1.807, 2.05) is 6.07 Å². The van der Waals surface area contributed by atoms with Crippen LogP contribution in [0.15, 0.2) is 18.2 Å². The fraction of sp³-hybridized carbons (Fsp3) is 0.739. The number of ether oxygens (including phenoxy) is 5. The molecule has 1 spiro atoms. The number of hydrogen-bond donors (Lipinski definition) is 0. The van der Waals surface area contributed by atoms with Gasteiger partial charge in [0.1, 0.15) is 0 Å². The fourth-order valence-electron chi connectivity index (χ4n) is 6.06. The lowest BCUT2D eigenvalue weighted by Crippen LogP contribution is -2.67. The summed E-state index contributed by atoms with van der Waals surface area (Å²) in [6, 6.07) is 6.80. The maximum Gasteiger partial charge on any atom is 0.174 e. The first kappa shape index (κ1) is 19.6. The van der Waals surface area contributed by atoms with Gasteiger partial charge < -0.3 is 23.7 Å². The van der Waals surface area contributed by atoms with Crippen molar-refractivity contribution in [2.45, 2.75) is 50.4 Å². The molecule has 6 heteroatoms. The number of benzene rings is 1. The molecular weight excluding hydrogens is 370 g/mol. The highest BCUT2D eigenvalue weighted by molar-refractivity contribution is 5.47. The van der Waals surface area contributed by atoms with Gasteiger partial charge in [0, 0.05) is 29.8 Å². The zero-order valence-electron chi connectivity index (χ0n) is 18.0. The van der Waals surface area contributed by atoms with Crippen LogP contribution in [0.5, 0.6) is 11.5 Å². The fourth-order valence-corrected chi connectivity index (χ4v) is 6.06. The Morgan fingerprint density at radius 3 is 2.48 bits per heavy atom. The van der Waals surface area contributed by atoms with E-state index in [9.17, 15) is 0 Å². The van der Waals surface area contributed by atoms with E-state index >= 15 is 0 Å². The summed E-state index contributed by atoms with van der Waals surface area (Å²) in [7, 11) is 3.39. The smallest absolute Gasteiger partial charge is 0.174 e. The average molecular weight is 404 g/mol. The standard InChI is InChI=1S/C23H33NO5/c1-21(2)13-28-23(29-14-21)8-7-22(9-10-24-15-27-12-17(23)20(22)24)16-5-6-18(25-3)19(11-16)26-4/h5-6,11,17,20H,7-10,12-15H2,1-4H3/t17-,20-,22-/m0/s1. The molecule has 3 aliphatic heterocycles.